The monoisotopic (exact) mass is 873 g/mol. The van der Waals surface area contributed by atoms with Gasteiger partial charge in [-0.25, -0.2) is 15.0 Å². The lowest BCUT2D eigenvalue weighted by Crippen LogP contribution is -2.54. The second-order valence-electron chi connectivity index (χ2n) is 16.9. The molecular weight excluding hydrogens is 829 g/mol. The van der Waals surface area contributed by atoms with E-state index < -0.39 is 41.5 Å². The fraction of sp³-hybridized carbons (Fsp3) is 0.400. The minimum atomic E-state index is -1.00. The van der Waals surface area contributed by atoms with Crippen molar-refractivity contribution in [2.45, 2.75) is 76.5 Å². The van der Waals surface area contributed by atoms with Gasteiger partial charge in [-0.1, -0.05) is 11.6 Å². The van der Waals surface area contributed by atoms with E-state index in [1.54, 1.807) is 30.3 Å². The van der Waals surface area contributed by atoms with E-state index >= 15 is 4.39 Å². The van der Waals surface area contributed by atoms with Crippen LogP contribution < -0.4 is 25.8 Å². The van der Waals surface area contributed by atoms with E-state index in [1.165, 1.54) is 12.4 Å². The topological polar surface area (TPSA) is 197 Å². The van der Waals surface area contributed by atoms with Crippen molar-refractivity contribution < 1.29 is 28.4 Å². The van der Waals surface area contributed by atoms with Crippen molar-refractivity contribution in [3.05, 3.63) is 99.3 Å². The highest BCUT2D eigenvalue weighted by atomic mass is 35.5. The predicted molar refractivity (Wildman–Crippen MR) is 230 cm³/mol. The molecule has 4 aliphatic heterocycles. The van der Waals surface area contributed by atoms with Gasteiger partial charge in [-0.15, -0.1) is 0 Å². The highest BCUT2D eigenvalue weighted by Crippen LogP contribution is 2.34. The molecule has 16 nitrogen and oxygen atoms in total. The number of rotatable bonds is 9. The van der Waals surface area contributed by atoms with Crippen molar-refractivity contribution in [2.75, 3.05) is 47.8 Å². The van der Waals surface area contributed by atoms with Crippen molar-refractivity contribution >= 4 is 64.1 Å². The molecule has 1 aliphatic carbocycles. The standard InChI is InChI=1S/C45H45ClFN11O5/c1-25-21-57(29-8-9-31-34(18-29)45(63)58(44(31)62)37-11-13-39(59)54-43(37)61)17-16-55(25)22-26-2-5-28(6-3-26)51-42(60)33-10-12-38(52-40(33)47)53-41-32-14-15-56(23-36(32)49-24-50-41)30-7-4-27(20-48)35(46)19-30/h4,7-10,12,18-19,24-26,28,37H,2-3,5-6,11,13-17,21-23H2,1H3,(H,51,60)(H,54,59,61)(H,49,50,52,53)/t25-,26-,28-,37?/m0/s1. The molecule has 324 valence electrons. The van der Waals surface area contributed by atoms with Crippen LogP contribution >= 0.6 is 11.6 Å². The van der Waals surface area contributed by atoms with E-state index in [2.05, 4.69) is 58.6 Å². The highest BCUT2D eigenvalue weighted by Gasteiger charge is 2.45. The molecule has 0 radical (unpaired) electrons. The Kier molecular flexibility index (Phi) is 11.5. The van der Waals surface area contributed by atoms with Crippen LogP contribution in [0.3, 0.4) is 0 Å². The molecule has 2 saturated heterocycles. The van der Waals surface area contributed by atoms with Gasteiger partial charge in [0.05, 0.1) is 39.5 Å². The quantitative estimate of drug-likeness (QED) is 0.154. The Morgan fingerprint density at radius 1 is 0.921 bits per heavy atom. The highest BCUT2D eigenvalue weighted by molar-refractivity contribution is 6.32. The number of carbonyl (C=O) groups is 5. The summed E-state index contributed by atoms with van der Waals surface area (Å²) in [5, 5.41) is 18.0. The average molecular weight is 874 g/mol. The predicted octanol–water partition coefficient (Wildman–Crippen LogP) is 4.74. The van der Waals surface area contributed by atoms with E-state index in [1.807, 2.05) is 12.1 Å². The number of amides is 5. The number of piperidine rings is 1. The maximum absolute atomic E-state index is 15.4. The third kappa shape index (κ3) is 8.40. The van der Waals surface area contributed by atoms with Gasteiger partial charge in [-0.3, -0.25) is 39.1 Å². The summed E-state index contributed by atoms with van der Waals surface area (Å²) in [5.74, 6) is -2.26. The molecule has 63 heavy (non-hydrogen) atoms. The summed E-state index contributed by atoms with van der Waals surface area (Å²) >= 11 is 6.27. The van der Waals surface area contributed by atoms with Crippen LogP contribution in [0.4, 0.5) is 27.4 Å². The Labute approximate surface area is 367 Å². The van der Waals surface area contributed by atoms with Crippen LogP contribution in [0.2, 0.25) is 5.02 Å². The maximum atomic E-state index is 15.4. The molecule has 3 fully saturated rings. The number of nitriles is 1. The largest absolute Gasteiger partial charge is 0.369 e. The van der Waals surface area contributed by atoms with Crippen LogP contribution in [-0.2, 0) is 22.6 Å². The maximum Gasteiger partial charge on any atom is 0.262 e. The summed E-state index contributed by atoms with van der Waals surface area (Å²) in [6.45, 7) is 6.53. The number of halogens is 2. The lowest BCUT2D eigenvalue weighted by Gasteiger charge is -2.43. The second kappa shape index (κ2) is 17.3. The van der Waals surface area contributed by atoms with E-state index in [9.17, 15) is 29.2 Å². The third-order valence-corrected chi connectivity index (χ3v) is 13.3. The average Bonchev–Trinajstić information content (AvgIpc) is 3.52. The van der Waals surface area contributed by atoms with Crippen molar-refractivity contribution in [1.29, 1.82) is 5.26 Å². The number of fused-ring (bicyclic) bond motifs is 2. The molecule has 2 aromatic heterocycles. The zero-order valence-corrected chi connectivity index (χ0v) is 35.3. The first kappa shape index (κ1) is 41.8. The van der Waals surface area contributed by atoms with Crippen LogP contribution in [0.5, 0.6) is 0 Å². The van der Waals surface area contributed by atoms with Crippen molar-refractivity contribution in [3.63, 3.8) is 0 Å². The van der Waals surface area contributed by atoms with Crippen LogP contribution in [0.25, 0.3) is 0 Å². The van der Waals surface area contributed by atoms with Crippen LogP contribution in [0.1, 0.15) is 93.3 Å². The van der Waals surface area contributed by atoms with Gasteiger partial charge in [0.2, 0.25) is 17.8 Å². The number of piperazine rings is 1. The summed E-state index contributed by atoms with van der Waals surface area (Å²) in [7, 11) is 0. The summed E-state index contributed by atoms with van der Waals surface area (Å²) < 4.78 is 15.4. The summed E-state index contributed by atoms with van der Waals surface area (Å²) in [5.41, 5.74) is 4.24. The van der Waals surface area contributed by atoms with Gasteiger partial charge in [-0.05, 0) is 99.9 Å². The minimum Gasteiger partial charge on any atom is -0.369 e. The Hall–Kier alpha value is -6.51. The number of pyridine rings is 1. The van der Waals surface area contributed by atoms with Crippen molar-refractivity contribution in [1.82, 2.24) is 35.4 Å². The lowest BCUT2D eigenvalue weighted by atomic mass is 9.85. The van der Waals surface area contributed by atoms with Crippen LogP contribution in [-0.4, -0.2) is 105 Å². The molecule has 2 atom stereocenters. The first-order chi connectivity index (χ1) is 30.4. The molecule has 5 aliphatic rings. The van der Waals surface area contributed by atoms with Gasteiger partial charge >= 0.3 is 0 Å². The second-order valence-corrected chi connectivity index (χ2v) is 17.3. The number of nitrogens with zero attached hydrogens (tertiary/aromatic N) is 8. The smallest absolute Gasteiger partial charge is 0.262 e. The number of imide groups is 2. The molecule has 0 spiro atoms. The number of anilines is 4. The van der Waals surface area contributed by atoms with Gasteiger partial charge in [0.15, 0.2) is 0 Å². The first-order valence-electron chi connectivity index (χ1n) is 21.3. The normalized spacial score (nSPS) is 22.6. The fourth-order valence-corrected chi connectivity index (χ4v) is 9.73. The molecule has 1 saturated carbocycles. The molecule has 0 bridgehead atoms. The SMILES string of the molecule is C[C@H]1CN(c2ccc3c(c2)C(=O)N(C2CCC(=O)NC2=O)C3=O)CCN1C[C@H]1CC[C@H](NC(=O)c2ccc(Nc3ncnc4c3CCN(c3ccc(C#N)c(Cl)c3)C4)nc2F)CC1. The molecule has 3 N–H and O–H groups in total. The fourth-order valence-electron chi connectivity index (χ4n) is 9.51. The summed E-state index contributed by atoms with van der Waals surface area (Å²) in [6.07, 6.45) is 5.65. The number of carbonyl (C=O) groups excluding carboxylic acids is 5. The van der Waals surface area contributed by atoms with Gasteiger partial charge in [0.1, 0.15) is 30.1 Å². The van der Waals surface area contributed by atoms with E-state index in [-0.39, 0.29) is 47.4 Å². The number of nitrogens with one attached hydrogen (secondary N) is 3. The Morgan fingerprint density at radius 2 is 1.70 bits per heavy atom. The number of benzene rings is 2. The van der Waals surface area contributed by atoms with Crippen molar-refractivity contribution in [3.8, 4) is 6.07 Å². The van der Waals surface area contributed by atoms with E-state index in [0.29, 0.717) is 41.8 Å². The molecule has 9 rings (SSSR count). The zero-order valence-electron chi connectivity index (χ0n) is 34.6. The zero-order chi connectivity index (χ0) is 43.9. The minimum absolute atomic E-state index is 0.0697. The Morgan fingerprint density at radius 3 is 2.44 bits per heavy atom. The number of hydrogen-bond donors (Lipinski definition) is 3. The Bertz CT molecular complexity index is 2580. The van der Waals surface area contributed by atoms with Crippen molar-refractivity contribution in [2.24, 2.45) is 5.92 Å². The van der Waals surface area contributed by atoms with Gasteiger partial charge in [-0.2, -0.15) is 9.65 Å². The third-order valence-electron chi connectivity index (χ3n) is 13.0. The molecule has 18 heteroatoms. The first-order valence-corrected chi connectivity index (χ1v) is 21.7. The van der Waals surface area contributed by atoms with E-state index in [4.69, 9.17) is 11.6 Å². The summed E-state index contributed by atoms with van der Waals surface area (Å²) in [4.78, 5) is 84.7. The van der Waals surface area contributed by atoms with Gasteiger partial charge < -0.3 is 20.4 Å². The molecule has 5 amide bonds. The van der Waals surface area contributed by atoms with Crippen LogP contribution in [0, 0.1) is 23.2 Å². The molecule has 2 aromatic carbocycles. The molecule has 4 aromatic rings. The van der Waals surface area contributed by atoms with Gasteiger partial charge in [0, 0.05) is 68.2 Å². The molecular formula is C45H45ClFN11O5. The summed E-state index contributed by atoms with van der Waals surface area (Å²) in [6, 6.07) is 14.8. The number of aromatic nitrogens is 3. The van der Waals surface area contributed by atoms with Gasteiger partial charge in [0.25, 0.3) is 17.7 Å². The molecule has 6 heterocycles. The molecule has 1 unspecified atom stereocenters. The Balaban J connectivity index is 0.741. The van der Waals surface area contributed by atoms with Crippen LogP contribution in [0.15, 0.2) is 54.9 Å². The lowest BCUT2D eigenvalue weighted by molar-refractivity contribution is -0.136. The van der Waals surface area contributed by atoms with E-state index in [0.717, 1.165) is 79.4 Å². The number of hydrogen-bond acceptors (Lipinski definition) is 13.